The lowest BCUT2D eigenvalue weighted by Gasteiger charge is -2.32. The molecule has 0 bridgehead atoms. The molecule has 32 heavy (non-hydrogen) atoms. The van der Waals surface area contributed by atoms with Crippen molar-refractivity contribution in [2.24, 2.45) is 0 Å². The van der Waals surface area contributed by atoms with Crippen LogP contribution in [0, 0.1) is 0 Å². The summed E-state index contributed by atoms with van der Waals surface area (Å²) >= 11 is 0. The largest absolute Gasteiger partial charge is 0.488 e. The molecule has 2 saturated heterocycles. The zero-order valence-electron chi connectivity index (χ0n) is 18.9. The van der Waals surface area contributed by atoms with Gasteiger partial charge in [-0.25, -0.2) is 4.79 Å². The lowest BCUT2D eigenvalue weighted by Crippen LogP contribution is -2.53. The van der Waals surface area contributed by atoms with Crippen LogP contribution in [0.5, 0.6) is 0 Å². The van der Waals surface area contributed by atoms with Crippen molar-refractivity contribution in [2.75, 3.05) is 13.1 Å². The van der Waals surface area contributed by atoms with Gasteiger partial charge in [0.15, 0.2) is 0 Å². The predicted molar refractivity (Wildman–Crippen MR) is 119 cm³/mol. The average Bonchev–Trinajstić information content (AvgIpc) is 3.40. The summed E-state index contributed by atoms with van der Waals surface area (Å²) in [5.41, 5.74) is 0.542. The van der Waals surface area contributed by atoms with E-state index in [0.29, 0.717) is 31.4 Å². The Morgan fingerprint density at radius 1 is 1.03 bits per heavy atom. The van der Waals surface area contributed by atoms with E-state index in [0.717, 1.165) is 18.4 Å². The maximum absolute atomic E-state index is 13.3. The first-order valence-corrected chi connectivity index (χ1v) is 11.1. The van der Waals surface area contributed by atoms with Gasteiger partial charge >= 0.3 is 13.2 Å². The van der Waals surface area contributed by atoms with Gasteiger partial charge in [-0.15, -0.1) is 0 Å². The highest BCUT2D eigenvalue weighted by molar-refractivity contribution is 6.58. The summed E-state index contributed by atoms with van der Waals surface area (Å²) < 4.78 is 5.46. The summed E-state index contributed by atoms with van der Waals surface area (Å²) in [6, 6.07) is 5.43. The van der Waals surface area contributed by atoms with Crippen LogP contribution in [-0.2, 0) is 20.9 Å². The molecule has 9 nitrogen and oxygen atoms in total. The molecule has 2 heterocycles. The molecule has 1 aromatic carbocycles. The second-order valence-corrected chi connectivity index (χ2v) is 9.35. The number of likely N-dealkylation sites (tertiary alicyclic amines) is 2. The number of carbonyl (C=O) groups is 3. The van der Waals surface area contributed by atoms with Crippen LogP contribution < -0.4 is 10.8 Å². The summed E-state index contributed by atoms with van der Waals surface area (Å²) in [5, 5.41) is 21.2. The Kier molecular flexibility index (Phi) is 7.45. The number of hydrogen-bond acceptors (Lipinski definition) is 6. The maximum Gasteiger partial charge on any atom is 0.488 e. The van der Waals surface area contributed by atoms with Crippen molar-refractivity contribution >= 4 is 30.5 Å². The average molecular weight is 445 g/mol. The summed E-state index contributed by atoms with van der Waals surface area (Å²) in [5.74, 6) is -0.434. The molecule has 0 aliphatic carbocycles. The van der Waals surface area contributed by atoms with Crippen LogP contribution in [0.4, 0.5) is 4.79 Å². The fourth-order valence-corrected chi connectivity index (χ4v) is 4.17. The first-order chi connectivity index (χ1) is 15.1. The van der Waals surface area contributed by atoms with Crippen LogP contribution >= 0.6 is 0 Å². The van der Waals surface area contributed by atoms with Crippen LogP contribution in [0.2, 0.25) is 0 Å². The van der Waals surface area contributed by atoms with Gasteiger partial charge in [-0.1, -0.05) is 24.3 Å². The van der Waals surface area contributed by atoms with Crippen molar-refractivity contribution in [3.63, 3.8) is 0 Å². The molecule has 3 N–H and O–H groups in total. The number of nitrogens with zero attached hydrogens (tertiary/aromatic N) is 2. The lowest BCUT2D eigenvalue weighted by atomic mass is 9.80. The van der Waals surface area contributed by atoms with Crippen LogP contribution in [0.25, 0.3) is 0 Å². The molecule has 2 unspecified atom stereocenters. The van der Waals surface area contributed by atoms with E-state index in [4.69, 9.17) is 4.74 Å². The van der Waals surface area contributed by atoms with Crippen molar-refractivity contribution in [3.05, 3.63) is 29.8 Å². The molecule has 1 aromatic rings. The third-order valence-corrected chi connectivity index (χ3v) is 5.75. The molecule has 2 aliphatic heterocycles. The third kappa shape index (κ3) is 5.80. The topological polar surface area (TPSA) is 119 Å². The molecule has 0 saturated carbocycles. The first kappa shape index (κ1) is 24.1. The molecule has 174 valence electrons. The Morgan fingerprint density at radius 2 is 1.62 bits per heavy atom. The zero-order valence-corrected chi connectivity index (χ0v) is 18.9. The van der Waals surface area contributed by atoms with Crippen molar-refractivity contribution < 1.29 is 29.2 Å². The van der Waals surface area contributed by atoms with E-state index in [1.807, 2.05) is 0 Å². The highest BCUT2D eigenvalue weighted by Crippen LogP contribution is 2.26. The summed E-state index contributed by atoms with van der Waals surface area (Å²) in [4.78, 5) is 41.7. The van der Waals surface area contributed by atoms with Gasteiger partial charge in [-0.3, -0.25) is 14.5 Å². The SMILES string of the molecule is CC(C)(C)OC(=O)N1CCCC1C(=O)N1CCCC1C(=O)NCc1ccc(B(O)O)cc1. The molecule has 3 amide bonds. The Hall–Kier alpha value is -2.59. The zero-order chi connectivity index (χ0) is 23.5. The molecular weight excluding hydrogens is 413 g/mol. The number of rotatable bonds is 5. The van der Waals surface area contributed by atoms with Gasteiger partial charge in [0.05, 0.1) is 0 Å². The second-order valence-electron chi connectivity index (χ2n) is 9.35. The van der Waals surface area contributed by atoms with Gasteiger partial charge in [0, 0.05) is 19.6 Å². The van der Waals surface area contributed by atoms with Crippen molar-refractivity contribution in [2.45, 2.75) is 70.7 Å². The van der Waals surface area contributed by atoms with Crippen molar-refractivity contribution in [1.29, 1.82) is 0 Å². The molecule has 3 rings (SSSR count). The van der Waals surface area contributed by atoms with Gasteiger partial charge in [0.25, 0.3) is 0 Å². The van der Waals surface area contributed by atoms with E-state index in [2.05, 4.69) is 5.32 Å². The number of ether oxygens (including phenoxy) is 1. The Morgan fingerprint density at radius 3 is 2.22 bits per heavy atom. The minimum Gasteiger partial charge on any atom is -0.444 e. The summed E-state index contributed by atoms with van der Waals surface area (Å²) in [6.07, 6.45) is 2.09. The van der Waals surface area contributed by atoms with Crippen LogP contribution in [-0.4, -0.2) is 75.6 Å². The standard InChI is InChI=1S/C22H32BN3O6/c1-22(2,3)32-21(29)26-13-5-7-18(26)20(28)25-12-4-6-17(25)19(27)24-14-15-8-10-16(11-9-15)23(30)31/h8-11,17-18,30-31H,4-7,12-14H2,1-3H3,(H,24,27). The van der Waals surface area contributed by atoms with Crippen LogP contribution in [0.1, 0.15) is 52.0 Å². The smallest absolute Gasteiger partial charge is 0.444 e. The van der Waals surface area contributed by atoms with E-state index in [-0.39, 0.29) is 18.4 Å². The maximum atomic E-state index is 13.3. The van der Waals surface area contributed by atoms with Crippen LogP contribution in [0.15, 0.2) is 24.3 Å². The van der Waals surface area contributed by atoms with Crippen molar-refractivity contribution in [1.82, 2.24) is 15.1 Å². The predicted octanol–water partition coefficient (Wildman–Crippen LogP) is 0.373. The highest BCUT2D eigenvalue weighted by Gasteiger charge is 2.43. The Bertz CT molecular complexity index is 839. The van der Waals surface area contributed by atoms with Gasteiger partial charge < -0.3 is 25.0 Å². The van der Waals surface area contributed by atoms with Gasteiger partial charge in [-0.05, 0) is 57.5 Å². The molecule has 2 aliphatic rings. The number of amides is 3. The Labute approximate surface area is 188 Å². The molecule has 10 heteroatoms. The van der Waals surface area contributed by atoms with Crippen LogP contribution in [0.3, 0.4) is 0 Å². The summed E-state index contributed by atoms with van der Waals surface area (Å²) in [6.45, 7) is 6.59. The van der Waals surface area contributed by atoms with Gasteiger partial charge in [0.2, 0.25) is 11.8 Å². The molecule has 2 fully saturated rings. The minimum atomic E-state index is -1.53. The number of benzene rings is 1. The molecular formula is C22H32BN3O6. The monoisotopic (exact) mass is 445 g/mol. The number of carbonyl (C=O) groups excluding carboxylic acids is 3. The van der Waals surface area contributed by atoms with E-state index in [1.54, 1.807) is 49.9 Å². The molecule has 0 radical (unpaired) electrons. The van der Waals surface area contributed by atoms with E-state index < -0.39 is 30.9 Å². The fraction of sp³-hybridized carbons (Fsp3) is 0.591. The van der Waals surface area contributed by atoms with E-state index in [1.165, 1.54) is 4.90 Å². The fourth-order valence-electron chi connectivity index (χ4n) is 4.17. The minimum absolute atomic E-state index is 0.202. The number of hydrogen-bond donors (Lipinski definition) is 3. The summed E-state index contributed by atoms with van der Waals surface area (Å²) in [7, 11) is -1.53. The Balaban J connectivity index is 1.60. The van der Waals surface area contributed by atoms with Gasteiger partial charge in [0.1, 0.15) is 17.7 Å². The first-order valence-electron chi connectivity index (χ1n) is 11.1. The van der Waals surface area contributed by atoms with Crippen molar-refractivity contribution in [3.8, 4) is 0 Å². The van der Waals surface area contributed by atoms with E-state index >= 15 is 0 Å². The van der Waals surface area contributed by atoms with E-state index in [9.17, 15) is 24.4 Å². The highest BCUT2D eigenvalue weighted by atomic mass is 16.6. The molecule has 0 aromatic heterocycles. The quantitative estimate of drug-likeness (QED) is 0.564. The second kappa shape index (κ2) is 9.91. The third-order valence-electron chi connectivity index (χ3n) is 5.75. The molecule has 2 atom stereocenters. The normalized spacial score (nSPS) is 20.9. The lowest BCUT2D eigenvalue weighted by molar-refractivity contribution is -0.141. The van der Waals surface area contributed by atoms with Gasteiger partial charge in [-0.2, -0.15) is 0 Å². The number of nitrogens with one attached hydrogen (secondary N) is 1. The molecule has 0 spiro atoms.